The van der Waals surface area contributed by atoms with Gasteiger partial charge in [0, 0.05) is 17.0 Å². The van der Waals surface area contributed by atoms with E-state index in [9.17, 15) is 13.6 Å². The zero-order chi connectivity index (χ0) is 12.8. The van der Waals surface area contributed by atoms with Crippen molar-refractivity contribution < 1.29 is 18.7 Å². The number of carbonyl (C=O) groups is 1. The van der Waals surface area contributed by atoms with Crippen LogP contribution in [0.15, 0.2) is 12.1 Å². The molecule has 1 aromatic rings. The van der Waals surface area contributed by atoms with Crippen molar-refractivity contribution in [3.8, 4) is 0 Å². The Morgan fingerprint density at radius 3 is 2.18 bits per heavy atom. The Morgan fingerprint density at radius 2 is 1.88 bits per heavy atom. The highest BCUT2D eigenvalue weighted by molar-refractivity contribution is 5.87. The van der Waals surface area contributed by atoms with E-state index in [4.69, 9.17) is 10.8 Å². The number of nitrogens with two attached hydrogens (primary N) is 1. The van der Waals surface area contributed by atoms with E-state index < -0.39 is 23.0 Å². The molecule has 92 valence electrons. The predicted molar refractivity (Wildman–Crippen MR) is 57.9 cm³/mol. The molecule has 3 nitrogen and oxygen atoms in total. The Bertz CT molecular complexity index is 458. The molecule has 0 aromatic heterocycles. The topological polar surface area (TPSA) is 63.3 Å². The number of carboxylic acids is 1. The van der Waals surface area contributed by atoms with Gasteiger partial charge in [-0.05, 0) is 31.9 Å². The van der Waals surface area contributed by atoms with Gasteiger partial charge in [-0.1, -0.05) is 0 Å². The van der Waals surface area contributed by atoms with Gasteiger partial charge in [-0.2, -0.15) is 0 Å². The summed E-state index contributed by atoms with van der Waals surface area (Å²) in [4.78, 5) is 10.7. The van der Waals surface area contributed by atoms with Crippen LogP contribution in [0.3, 0.4) is 0 Å². The molecule has 3 N–H and O–H groups in total. The maximum atomic E-state index is 13.8. The van der Waals surface area contributed by atoms with Crippen molar-refractivity contribution in [1.82, 2.24) is 0 Å². The molecule has 1 fully saturated rings. The molecular formula is C12H13F2NO2. The molecule has 17 heavy (non-hydrogen) atoms. The zero-order valence-electron chi connectivity index (χ0n) is 9.34. The second-order valence-corrected chi connectivity index (χ2v) is 4.56. The molecule has 1 atom stereocenters. The quantitative estimate of drug-likeness (QED) is 0.851. The predicted octanol–water partition coefficient (Wildman–Crippen LogP) is 2.04. The fourth-order valence-electron chi connectivity index (χ4n) is 2.24. The molecule has 2 rings (SSSR count). The molecule has 1 aromatic carbocycles. The monoisotopic (exact) mass is 241 g/mol. The van der Waals surface area contributed by atoms with E-state index in [0.717, 1.165) is 12.1 Å². The first-order valence-electron chi connectivity index (χ1n) is 5.37. The maximum Gasteiger partial charge on any atom is 0.335 e. The largest absolute Gasteiger partial charge is 0.478 e. The third-order valence-electron chi connectivity index (χ3n) is 3.45. The molecule has 1 unspecified atom stereocenters. The van der Waals surface area contributed by atoms with Gasteiger partial charge in [0.15, 0.2) is 0 Å². The molecule has 1 aliphatic rings. The van der Waals surface area contributed by atoms with E-state index in [1.165, 1.54) is 0 Å². The van der Waals surface area contributed by atoms with Gasteiger partial charge in [0.05, 0.1) is 5.56 Å². The number of rotatable bonds is 3. The normalized spacial score (nSPS) is 18.8. The number of halogens is 2. The van der Waals surface area contributed by atoms with Gasteiger partial charge in [-0.25, -0.2) is 13.6 Å². The van der Waals surface area contributed by atoms with Crippen molar-refractivity contribution >= 4 is 5.97 Å². The van der Waals surface area contributed by atoms with Crippen LogP contribution in [0.25, 0.3) is 0 Å². The zero-order valence-corrected chi connectivity index (χ0v) is 9.34. The van der Waals surface area contributed by atoms with Gasteiger partial charge in [-0.15, -0.1) is 0 Å². The van der Waals surface area contributed by atoms with Crippen molar-refractivity contribution in [3.63, 3.8) is 0 Å². The van der Waals surface area contributed by atoms with E-state index in [2.05, 4.69) is 0 Å². The minimum atomic E-state index is -1.35. The molecule has 5 heteroatoms. The van der Waals surface area contributed by atoms with Crippen LogP contribution in [-0.4, -0.2) is 17.1 Å². The van der Waals surface area contributed by atoms with E-state index in [1.807, 2.05) is 0 Å². The Labute approximate surface area is 97.2 Å². The Kier molecular flexibility index (Phi) is 2.66. The highest BCUT2D eigenvalue weighted by atomic mass is 19.1. The Morgan fingerprint density at radius 1 is 1.41 bits per heavy atom. The van der Waals surface area contributed by atoms with Crippen molar-refractivity contribution in [2.75, 3.05) is 0 Å². The van der Waals surface area contributed by atoms with Gasteiger partial charge >= 0.3 is 5.97 Å². The molecule has 0 radical (unpaired) electrons. The summed E-state index contributed by atoms with van der Waals surface area (Å²) in [7, 11) is 0. The summed E-state index contributed by atoms with van der Waals surface area (Å²) >= 11 is 0. The SMILES string of the molecule is CC(N)C1(c2c(F)cc(C(=O)O)cc2F)CC1. The maximum absolute atomic E-state index is 13.8. The standard InChI is InChI=1S/C12H13F2NO2/c1-6(15)12(2-3-12)10-8(13)4-7(11(16)17)5-9(10)14/h4-6H,2-3,15H2,1H3,(H,16,17). The average molecular weight is 241 g/mol. The second-order valence-electron chi connectivity index (χ2n) is 4.56. The molecule has 1 saturated carbocycles. The number of benzene rings is 1. The van der Waals surface area contributed by atoms with Crippen LogP contribution in [0.1, 0.15) is 35.7 Å². The lowest BCUT2D eigenvalue weighted by Crippen LogP contribution is -2.33. The van der Waals surface area contributed by atoms with E-state index in [-0.39, 0.29) is 17.2 Å². The molecule has 1 aliphatic carbocycles. The van der Waals surface area contributed by atoms with Gasteiger partial charge in [0.1, 0.15) is 11.6 Å². The number of hydrogen-bond donors (Lipinski definition) is 2. The first-order valence-corrected chi connectivity index (χ1v) is 5.37. The fraction of sp³-hybridized carbons (Fsp3) is 0.417. The van der Waals surface area contributed by atoms with Gasteiger partial charge in [-0.3, -0.25) is 0 Å². The number of carboxylic acid groups (broad SMARTS) is 1. The Hall–Kier alpha value is -1.49. The van der Waals surface area contributed by atoms with Crippen LogP contribution >= 0.6 is 0 Å². The lowest BCUT2D eigenvalue weighted by atomic mass is 9.88. The molecule has 0 bridgehead atoms. The summed E-state index contributed by atoms with van der Waals surface area (Å²) in [6.07, 6.45) is 1.26. The number of hydrogen-bond acceptors (Lipinski definition) is 2. The van der Waals surface area contributed by atoms with E-state index in [1.54, 1.807) is 6.92 Å². The molecule has 0 spiro atoms. The van der Waals surface area contributed by atoms with Crippen LogP contribution in [-0.2, 0) is 5.41 Å². The Balaban J connectivity index is 2.53. The van der Waals surface area contributed by atoms with Gasteiger partial charge in [0.25, 0.3) is 0 Å². The average Bonchev–Trinajstić information content (AvgIpc) is 2.97. The van der Waals surface area contributed by atoms with Crippen LogP contribution in [0.2, 0.25) is 0 Å². The van der Waals surface area contributed by atoms with Crippen molar-refractivity contribution in [1.29, 1.82) is 0 Å². The first-order chi connectivity index (χ1) is 7.88. The summed E-state index contributed by atoms with van der Waals surface area (Å²) in [6.45, 7) is 1.71. The van der Waals surface area contributed by atoms with Crippen molar-refractivity contribution in [2.24, 2.45) is 5.73 Å². The van der Waals surface area contributed by atoms with Crippen molar-refractivity contribution in [3.05, 3.63) is 34.9 Å². The molecule has 0 heterocycles. The van der Waals surface area contributed by atoms with Gasteiger partial charge in [0.2, 0.25) is 0 Å². The number of aromatic carboxylic acids is 1. The highest BCUT2D eigenvalue weighted by Crippen LogP contribution is 2.52. The summed E-state index contributed by atoms with van der Waals surface area (Å²) in [6, 6.07) is 1.34. The van der Waals surface area contributed by atoms with Crippen molar-refractivity contribution in [2.45, 2.75) is 31.2 Å². The lowest BCUT2D eigenvalue weighted by molar-refractivity contribution is 0.0695. The molecule has 0 amide bonds. The molecule has 0 aliphatic heterocycles. The third kappa shape index (κ3) is 1.80. The first kappa shape index (κ1) is 12.0. The third-order valence-corrected chi connectivity index (χ3v) is 3.45. The molecular weight excluding hydrogens is 228 g/mol. The summed E-state index contributed by atoms with van der Waals surface area (Å²) in [5.41, 5.74) is 4.63. The minimum absolute atomic E-state index is 0.0718. The summed E-state index contributed by atoms with van der Waals surface area (Å²) in [5.74, 6) is -2.99. The van der Waals surface area contributed by atoms with Gasteiger partial charge < -0.3 is 10.8 Å². The fourth-order valence-corrected chi connectivity index (χ4v) is 2.24. The van der Waals surface area contributed by atoms with E-state index >= 15 is 0 Å². The van der Waals surface area contributed by atoms with E-state index in [0.29, 0.717) is 12.8 Å². The van der Waals surface area contributed by atoms with Crippen LogP contribution in [0, 0.1) is 11.6 Å². The smallest absolute Gasteiger partial charge is 0.335 e. The van der Waals surface area contributed by atoms with Crippen LogP contribution in [0.4, 0.5) is 8.78 Å². The molecule has 0 saturated heterocycles. The van der Waals surface area contributed by atoms with Crippen LogP contribution < -0.4 is 5.73 Å². The summed E-state index contributed by atoms with van der Waals surface area (Å²) < 4.78 is 27.6. The lowest BCUT2D eigenvalue weighted by Gasteiger charge is -2.21. The minimum Gasteiger partial charge on any atom is -0.478 e. The summed E-state index contributed by atoms with van der Waals surface area (Å²) in [5, 5.41) is 8.69. The van der Waals surface area contributed by atoms with Crippen LogP contribution in [0.5, 0.6) is 0 Å². The second kappa shape index (κ2) is 3.77. The highest BCUT2D eigenvalue weighted by Gasteiger charge is 2.50.